The van der Waals surface area contributed by atoms with Crippen LogP contribution in [0.15, 0.2) is 18.2 Å². The van der Waals surface area contributed by atoms with Crippen molar-refractivity contribution in [2.24, 2.45) is 0 Å². The van der Waals surface area contributed by atoms with Gasteiger partial charge in [-0.1, -0.05) is 6.07 Å². The third-order valence-electron chi connectivity index (χ3n) is 3.93. The second-order valence-electron chi connectivity index (χ2n) is 5.53. The van der Waals surface area contributed by atoms with Crippen molar-refractivity contribution in [1.82, 2.24) is 5.32 Å². The van der Waals surface area contributed by atoms with Gasteiger partial charge in [0, 0.05) is 41.5 Å². The van der Waals surface area contributed by atoms with Crippen molar-refractivity contribution >= 4 is 28.5 Å². The maximum atomic E-state index is 12.0. The monoisotopic (exact) mass is 322 g/mol. The topological polar surface area (TPSA) is 75.7 Å². The van der Waals surface area contributed by atoms with E-state index in [1.54, 1.807) is 4.90 Å². The Kier molecular flexibility index (Phi) is 4.15. The smallest absolute Gasteiger partial charge is 0.414 e. The minimum atomic E-state index is -0.830. The van der Waals surface area contributed by atoms with Crippen LogP contribution in [-0.4, -0.2) is 41.2 Å². The predicted octanol–water partition coefficient (Wildman–Crippen LogP) is 0.953. The second kappa shape index (κ2) is 6.08. The zero-order chi connectivity index (χ0) is 15.7. The van der Waals surface area contributed by atoms with Gasteiger partial charge in [0.2, 0.25) is 5.91 Å². The van der Waals surface area contributed by atoms with E-state index in [4.69, 9.17) is 4.74 Å². The van der Waals surface area contributed by atoms with E-state index in [2.05, 4.69) is 5.32 Å². The molecule has 7 heteroatoms. The minimum absolute atomic E-state index is 0.139. The van der Waals surface area contributed by atoms with Gasteiger partial charge < -0.3 is 10.1 Å². The minimum Gasteiger partial charge on any atom is -0.447 e. The van der Waals surface area contributed by atoms with Crippen LogP contribution in [0.2, 0.25) is 0 Å². The first-order valence-corrected chi connectivity index (χ1v) is 8.70. The maximum absolute atomic E-state index is 12.0. The zero-order valence-electron chi connectivity index (χ0n) is 12.3. The molecule has 0 saturated carbocycles. The third kappa shape index (κ3) is 2.99. The van der Waals surface area contributed by atoms with E-state index in [0.717, 1.165) is 17.7 Å². The molecule has 1 aromatic carbocycles. The van der Waals surface area contributed by atoms with Gasteiger partial charge in [-0.2, -0.15) is 0 Å². The number of anilines is 1. The summed E-state index contributed by atoms with van der Waals surface area (Å²) in [6, 6.07) is 5.57. The quantitative estimate of drug-likeness (QED) is 0.899. The Labute approximate surface area is 131 Å². The van der Waals surface area contributed by atoms with Crippen LogP contribution in [0.5, 0.6) is 0 Å². The molecule has 0 aromatic heterocycles. The number of benzene rings is 1. The molecule has 0 radical (unpaired) electrons. The van der Waals surface area contributed by atoms with Gasteiger partial charge in [0.1, 0.15) is 6.61 Å². The molecule has 2 aliphatic rings. The van der Waals surface area contributed by atoms with Gasteiger partial charge in [-0.05, 0) is 29.7 Å². The van der Waals surface area contributed by atoms with Crippen molar-refractivity contribution in [1.29, 1.82) is 0 Å². The van der Waals surface area contributed by atoms with Crippen LogP contribution in [0.1, 0.15) is 18.1 Å². The highest BCUT2D eigenvalue weighted by Crippen LogP contribution is 2.28. The summed E-state index contributed by atoms with van der Waals surface area (Å²) >= 11 is 0. The Morgan fingerprint density at radius 3 is 3.05 bits per heavy atom. The summed E-state index contributed by atoms with van der Waals surface area (Å²) in [7, 11) is -0.830. The summed E-state index contributed by atoms with van der Waals surface area (Å²) in [6.07, 6.45) is 0.398. The number of ether oxygens (including phenoxy) is 1. The molecule has 6 nitrogen and oxygen atoms in total. The van der Waals surface area contributed by atoms with Crippen molar-refractivity contribution in [3.63, 3.8) is 0 Å². The average molecular weight is 322 g/mol. The molecule has 0 aliphatic carbocycles. The summed E-state index contributed by atoms with van der Waals surface area (Å²) in [5.74, 6) is 1.09. The lowest BCUT2D eigenvalue weighted by Gasteiger charge is -2.24. The lowest BCUT2D eigenvalue weighted by atomic mass is 10.0. The molecule has 1 N–H and O–H groups in total. The van der Waals surface area contributed by atoms with Crippen LogP contribution in [0.4, 0.5) is 10.5 Å². The average Bonchev–Trinajstić information content (AvgIpc) is 2.85. The Balaban J connectivity index is 1.84. The number of carbonyl (C=O) groups is 2. The van der Waals surface area contributed by atoms with Crippen molar-refractivity contribution in [2.45, 2.75) is 25.1 Å². The van der Waals surface area contributed by atoms with Crippen LogP contribution in [0.3, 0.4) is 0 Å². The van der Waals surface area contributed by atoms with E-state index >= 15 is 0 Å². The van der Waals surface area contributed by atoms with E-state index in [0.29, 0.717) is 18.1 Å². The Bertz CT molecular complexity index is 646. The fourth-order valence-corrected chi connectivity index (χ4v) is 4.01. The first kappa shape index (κ1) is 15.0. The predicted molar refractivity (Wildman–Crippen MR) is 83.2 cm³/mol. The molecule has 118 valence electrons. The number of nitrogens with one attached hydrogen (secondary N) is 1. The third-order valence-corrected chi connectivity index (χ3v) is 5.22. The van der Waals surface area contributed by atoms with Crippen LogP contribution in [-0.2, 0) is 32.5 Å². The SMILES string of the molecule is CC(=O)NCC1COC(=O)N1c1ccc2c(c1)CS(=O)CC2. The molecular weight excluding hydrogens is 304 g/mol. The molecule has 2 atom stereocenters. The van der Waals surface area contributed by atoms with Crippen molar-refractivity contribution in [2.75, 3.05) is 23.8 Å². The molecule has 0 spiro atoms. The first-order chi connectivity index (χ1) is 10.5. The van der Waals surface area contributed by atoms with Gasteiger partial charge >= 0.3 is 6.09 Å². The normalized spacial score (nSPS) is 23.9. The van der Waals surface area contributed by atoms with Gasteiger partial charge in [-0.3, -0.25) is 13.9 Å². The number of amides is 2. The highest BCUT2D eigenvalue weighted by atomic mass is 32.2. The first-order valence-electron chi connectivity index (χ1n) is 7.22. The molecule has 2 heterocycles. The van der Waals surface area contributed by atoms with Gasteiger partial charge in [0.25, 0.3) is 0 Å². The molecular formula is C15H18N2O4S. The van der Waals surface area contributed by atoms with Crippen molar-refractivity contribution in [3.8, 4) is 0 Å². The summed E-state index contributed by atoms with van der Waals surface area (Å²) < 4.78 is 16.8. The Morgan fingerprint density at radius 1 is 1.45 bits per heavy atom. The molecule has 1 fully saturated rings. The highest BCUT2D eigenvalue weighted by molar-refractivity contribution is 7.84. The molecule has 3 rings (SSSR count). The number of aryl methyl sites for hydroxylation is 1. The fourth-order valence-electron chi connectivity index (χ4n) is 2.80. The molecule has 2 unspecified atom stereocenters. The lowest BCUT2D eigenvalue weighted by Crippen LogP contribution is -2.42. The van der Waals surface area contributed by atoms with E-state index < -0.39 is 16.9 Å². The molecule has 2 aliphatic heterocycles. The van der Waals surface area contributed by atoms with E-state index in [9.17, 15) is 13.8 Å². The van der Waals surface area contributed by atoms with E-state index in [1.807, 2.05) is 18.2 Å². The zero-order valence-corrected chi connectivity index (χ0v) is 13.1. The summed E-state index contributed by atoms with van der Waals surface area (Å²) in [6.45, 7) is 2.04. The summed E-state index contributed by atoms with van der Waals surface area (Å²) in [4.78, 5) is 24.6. The molecule has 22 heavy (non-hydrogen) atoms. The highest BCUT2D eigenvalue weighted by Gasteiger charge is 2.34. The number of cyclic esters (lactones) is 1. The van der Waals surface area contributed by atoms with Crippen LogP contribution < -0.4 is 10.2 Å². The van der Waals surface area contributed by atoms with Gasteiger partial charge in [0.15, 0.2) is 0 Å². The molecule has 1 saturated heterocycles. The number of rotatable bonds is 3. The fraction of sp³-hybridized carbons (Fsp3) is 0.467. The Hall–Kier alpha value is -1.89. The maximum Gasteiger partial charge on any atom is 0.414 e. The summed E-state index contributed by atoms with van der Waals surface area (Å²) in [5.41, 5.74) is 2.95. The number of carbonyl (C=O) groups excluding carboxylic acids is 2. The van der Waals surface area contributed by atoms with Gasteiger partial charge in [-0.25, -0.2) is 4.79 Å². The van der Waals surface area contributed by atoms with Crippen molar-refractivity contribution in [3.05, 3.63) is 29.3 Å². The van der Waals surface area contributed by atoms with Crippen LogP contribution >= 0.6 is 0 Å². The van der Waals surface area contributed by atoms with Crippen LogP contribution in [0.25, 0.3) is 0 Å². The lowest BCUT2D eigenvalue weighted by molar-refractivity contribution is -0.119. The molecule has 1 aromatic rings. The molecule has 0 bridgehead atoms. The van der Waals surface area contributed by atoms with Gasteiger partial charge in [-0.15, -0.1) is 0 Å². The van der Waals surface area contributed by atoms with Crippen LogP contribution in [0, 0.1) is 0 Å². The standard InChI is InChI=1S/C15H18N2O4S/c1-10(18)16-7-14-8-21-15(19)17(14)13-3-2-11-4-5-22(20)9-12(11)6-13/h2-3,6,14H,4-5,7-9H2,1H3,(H,16,18). The van der Waals surface area contributed by atoms with Crippen molar-refractivity contribution < 1.29 is 18.5 Å². The van der Waals surface area contributed by atoms with E-state index in [1.165, 1.54) is 12.5 Å². The number of hydrogen-bond acceptors (Lipinski definition) is 4. The number of hydrogen-bond donors (Lipinski definition) is 1. The largest absolute Gasteiger partial charge is 0.447 e. The second-order valence-corrected chi connectivity index (χ2v) is 7.11. The van der Waals surface area contributed by atoms with Gasteiger partial charge in [0.05, 0.1) is 6.04 Å². The number of nitrogens with zero attached hydrogens (tertiary/aromatic N) is 1. The van der Waals surface area contributed by atoms with E-state index in [-0.39, 0.29) is 18.6 Å². The molecule has 2 amide bonds. The number of fused-ring (bicyclic) bond motifs is 1. The summed E-state index contributed by atoms with van der Waals surface area (Å²) in [5, 5.41) is 2.72. The Morgan fingerprint density at radius 2 is 2.27 bits per heavy atom.